The average molecular weight is 411 g/mol. The minimum Gasteiger partial charge on any atom is -0.492 e. The summed E-state index contributed by atoms with van der Waals surface area (Å²) in [5.41, 5.74) is 5.32. The van der Waals surface area contributed by atoms with Crippen LogP contribution in [-0.2, 0) is 11.3 Å². The zero-order valence-corrected chi connectivity index (χ0v) is 17.3. The van der Waals surface area contributed by atoms with Gasteiger partial charge in [-0.05, 0) is 67.1 Å². The van der Waals surface area contributed by atoms with Crippen LogP contribution in [0, 0.1) is 18.3 Å². The van der Waals surface area contributed by atoms with Crippen molar-refractivity contribution in [2.45, 2.75) is 13.5 Å². The molecular weight excluding hydrogens is 390 g/mol. The van der Waals surface area contributed by atoms with Crippen LogP contribution in [0.5, 0.6) is 5.75 Å². The van der Waals surface area contributed by atoms with Crippen LogP contribution >= 0.6 is 0 Å². The molecule has 0 aliphatic rings. The first kappa shape index (κ1) is 20.2. The van der Waals surface area contributed by atoms with Gasteiger partial charge in [0.2, 0.25) is 0 Å². The Morgan fingerprint density at radius 1 is 1.16 bits per heavy atom. The highest BCUT2D eigenvalue weighted by Gasteiger charge is 2.16. The number of carbonyl (C=O) groups is 1. The number of rotatable bonds is 6. The highest BCUT2D eigenvalue weighted by Crippen LogP contribution is 2.33. The predicted molar refractivity (Wildman–Crippen MR) is 118 cm³/mol. The van der Waals surface area contributed by atoms with Crippen LogP contribution in [-0.4, -0.2) is 29.2 Å². The Bertz CT molecular complexity index is 1270. The summed E-state index contributed by atoms with van der Waals surface area (Å²) in [7, 11) is 1.36. The van der Waals surface area contributed by atoms with Gasteiger partial charge >= 0.3 is 5.97 Å². The molecule has 0 spiro atoms. The van der Waals surface area contributed by atoms with E-state index in [0.717, 1.165) is 27.7 Å². The molecule has 0 atom stereocenters. The molecule has 0 N–H and O–H groups in total. The summed E-state index contributed by atoms with van der Waals surface area (Å²) < 4.78 is 12.9. The summed E-state index contributed by atoms with van der Waals surface area (Å²) in [6, 6.07) is 18.8. The normalized spacial score (nSPS) is 10.6. The second-order valence-corrected chi connectivity index (χ2v) is 7.08. The number of carbonyl (C=O) groups excluding carboxylic acids is 1. The second-order valence-electron chi connectivity index (χ2n) is 7.08. The largest absolute Gasteiger partial charge is 0.492 e. The Morgan fingerprint density at radius 2 is 1.97 bits per heavy atom. The van der Waals surface area contributed by atoms with Crippen molar-refractivity contribution in [3.63, 3.8) is 0 Å². The Morgan fingerprint density at radius 3 is 2.65 bits per heavy atom. The average Bonchev–Trinajstić information content (AvgIpc) is 3.10. The van der Waals surface area contributed by atoms with E-state index in [4.69, 9.17) is 9.47 Å². The maximum absolute atomic E-state index is 11.6. The molecule has 0 amide bonds. The summed E-state index contributed by atoms with van der Waals surface area (Å²) in [5, 5.41) is 10.3. The van der Waals surface area contributed by atoms with Crippen LogP contribution in [0.2, 0.25) is 0 Å². The van der Waals surface area contributed by atoms with E-state index in [1.54, 1.807) is 30.5 Å². The molecule has 0 aliphatic heterocycles. The van der Waals surface area contributed by atoms with Crippen LogP contribution in [0.3, 0.4) is 0 Å². The molecule has 6 heteroatoms. The number of benzene rings is 2. The number of hydrogen-bond donors (Lipinski definition) is 0. The number of nitriles is 1. The Labute approximate surface area is 180 Å². The predicted octanol–water partition coefficient (Wildman–Crippen LogP) is 4.75. The fraction of sp³-hybridized carbons (Fsp3) is 0.160. The first-order valence-corrected chi connectivity index (χ1v) is 9.87. The van der Waals surface area contributed by atoms with Gasteiger partial charge in [-0.3, -0.25) is 4.98 Å². The minimum atomic E-state index is -0.376. The Hall–Kier alpha value is -4.11. The number of esters is 1. The molecule has 0 unspecified atom stereocenters. The molecule has 31 heavy (non-hydrogen) atoms. The van der Waals surface area contributed by atoms with Gasteiger partial charge < -0.3 is 14.0 Å². The summed E-state index contributed by atoms with van der Waals surface area (Å²) in [6.07, 6.45) is 3.59. The fourth-order valence-corrected chi connectivity index (χ4v) is 3.76. The van der Waals surface area contributed by atoms with Crippen molar-refractivity contribution < 1.29 is 14.3 Å². The van der Waals surface area contributed by atoms with Crippen molar-refractivity contribution in [3.05, 3.63) is 83.7 Å². The summed E-state index contributed by atoms with van der Waals surface area (Å²) in [5.74, 6) is 0.300. The van der Waals surface area contributed by atoms with E-state index in [1.165, 1.54) is 7.11 Å². The van der Waals surface area contributed by atoms with Gasteiger partial charge in [-0.1, -0.05) is 0 Å². The van der Waals surface area contributed by atoms with Crippen LogP contribution in [0.4, 0.5) is 0 Å². The number of aryl methyl sites for hydroxylation is 1. The van der Waals surface area contributed by atoms with E-state index in [-0.39, 0.29) is 5.97 Å². The molecule has 6 nitrogen and oxygen atoms in total. The lowest BCUT2D eigenvalue weighted by Gasteiger charge is -2.13. The fourth-order valence-electron chi connectivity index (χ4n) is 3.76. The van der Waals surface area contributed by atoms with Gasteiger partial charge in [0, 0.05) is 28.9 Å². The van der Waals surface area contributed by atoms with E-state index >= 15 is 0 Å². The molecular formula is C25H21N3O3. The standard InChI is InChI=1S/C25H21N3O3/c1-17-22-14-18(15-26)5-10-23(22)28(24(17)20-4-3-11-27-16-20)12-13-31-21-8-6-19(7-9-21)25(29)30-2/h3-11,14,16H,12-13H2,1-2H3. The lowest BCUT2D eigenvalue weighted by Crippen LogP contribution is -2.10. The molecule has 4 rings (SSSR count). The van der Waals surface area contributed by atoms with Gasteiger partial charge in [-0.25, -0.2) is 4.79 Å². The summed E-state index contributed by atoms with van der Waals surface area (Å²) >= 11 is 0. The number of aromatic nitrogens is 2. The number of hydrogen-bond acceptors (Lipinski definition) is 5. The molecule has 0 saturated heterocycles. The molecule has 0 fully saturated rings. The second kappa shape index (κ2) is 8.72. The topological polar surface area (TPSA) is 77.1 Å². The Kier molecular flexibility index (Phi) is 5.67. The van der Waals surface area contributed by atoms with Gasteiger partial charge in [0.05, 0.1) is 36.5 Å². The van der Waals surface area contributed by atoms with Gasteiger partial charge in [-0.2, -0.15) is 5.26 Å². The quantitative estimate of drug-likeness (QED) is 0.428. The summed E-state index contributed by atoms with van der Waals surface area (Å²) in [4.78, 5) is 15.8. The van der Waals surface area contributed by atoms with Crippen molar-refractivity contribution in [1.29, 1.82) is 5.26 Å². The number of pyridine rings is 1. The van der Waals surface area contributed by atoms with Gasteiger partial charge in [0.25, 0.3) is 0 Å². The highest BCUT2D eigenvalue weighted by molar-refractivity contribution is 5.92. The first-order valence-electron chi connectivity index (χ1n) is 9.87. The lowest BCUT2D eigenvalue weighted by atomic mass is 10.1. The maximum atomic E-state index is 11.6. The number of ether oxygens (including phenoxy) is 2. The molecule has 4 aromatic rings. The third kappa shape index (κ3) is 3.99. The van der Waals surface area contributed by atoms with E-state index in [2.05, 4.69) is 22.5 Å². The van der Waals surface area contributed by atoms with Crippen molar-refractivity contribution in [2.24, 2.45) is 0 Å². The molecule has 0 bridgehead atoms. The van der Waals surface area contributed by atoms with Crippen molar-refractivity contribution in [3.8, 4) is 23.1 Å². The summed E-state index contributed by atoms with van der Waals surface area (Å²) in [6.45, 7) is 3.11. The molecule has 2 aromatic heterocycles. The smallest absolute Gasteiger partial charge is 0.337 e. The number of fused-ring (bicyclic) bond motifs is 1. The maximum Gasteiger partial charge on any atom is 0.337 e. The first-order chi connectivity index (χ1) is 15.1. The van der Waals surface area contributed by atoms with Gasteiger partial charge in [0.15, 0.2) is 0 Å². The molecule has 154 valence electrons. The zero-order valence-electron chi connectivity index (χ0n) is 17.3. The monoisotopic (exact) mass is 411 g/mol. The van der Waals surface area contributed by atoms with Crippen LogP contribution in [0.25, 0.3) is 22.2 Å². The molecule has 0 aliphatic carbocycles. The minimum absolute atomic E-state index is 0.376. The molecule has 2 heterocycles. The third-order valence-corrected chi connectivity index (χ3v) is 5.24. The van der Waals surface area contributed by atoms with E-state index in [1.807, 2.05) is 36.5 Å². The van der Waals surface area contributed by atoms with Crippen LogP contribution < -0.4 is 4.74 Å². The zero-order chi connectivity index (χ0) is 21.8. The molecule has 2 aromatic carbocycles. The van der Waals surface area contributed by atoms with Crippen molar-refractivity contribution >= 4 is 16.9 Å². The van der Waals surface area contributed by atoms with E-state index in [9.17, 15) is 10.1 Å². The third-order valence-electron chi connectivity index (χ3n) is 5.24. The highest BCUT2D eigenvalue weighted by atomic mass is 16.5. The SMILES string of the molecule is COC(=O)c1ccc(OCCn2c(-c3cccnc3)c(C)c3cc(C#N)ccc32)cc1. The van der Waals surface area contributed by atoms with E-state index < -0.39 is 0 Å². The van der Waals surface area contributed by atoms with Crippen molar-refractivity contribution in [1.82, 2.24) is 9.55 Å². The van der Waals surface area contributed by atoms with Gasteiger partial charge in [0.1, 0.15) is 12.4 Å². The molecule has 0 saturated carbocycles. The number of methoxy groups -OCH3 is 1. The van der Waals surface area contributed by atoms with Crippen LogP contribution in [0.15, 0.2) is 67.0 Å². The number of nitrogens with zero attached hydrogens (tertiary/aromatic N) is 3. The van der Waals surface area contributed by atoms with Gasteiger partial charge in [-0.15, -0.1) is 0 Å². The lowest BCUT2D eigenvalue weighted by molar-refractivity contribution is 0.0600. The van der Waals surface area contributed by atoms with Crippen molar-refractivity contribution in [2.75, 3.05) is 13.7 Å². The van der Waals surface area contributed by atoms with E-state index in [0.29, 0.717) is 30.0 Å². The molecule has 0 radical (unpaired) electrons. The Balaban J connectivity index is 1.63. The van der Waals surface area contributed by atoms with Crippen LogP contribution in [0.1, 0.15) is 21.5 Å².